The summed E-state index contributed by atoms with van der Waals surface area (Å²) in [6, 6.07) is 5.49. The van der Waals surface area contributed by atoms with Crippen LogP contribution in [0.2, 0.25) is 0 Å². The molecule has 0 aliphatic rings. The first-order chi connectivity index (χ1) is 8.90. The SMILES string of the molecule is NC(=O)C(O)CNC(=O)C(N)Cc1ccc(O)cc1. The van der Waals surface area contributed by atoms with Crippen LogP contribution in [-0.4, -0.2) is 40.7 Å². The van der Waals surface area contributed by atoms with Crippen LogP contribution in [-0.2, 0) is 16.0 Å². The summed E-state index contributed by atoms with van der Waals surface area (Å²) in [5.74, 6) is -1.27. The van der Waals surface area contributed by atoms with Crippen LogP contribution in [0.5, 0.6) is 5.75 Å². The molecule has 1 rings (SSSR count). The third-order valence-electron chi connectivity index (χ3n) is 2.53. The number of hydrogen-bond donors (Lipinski definition) is 5. The second-order valence-corrected chi connectivity index (χ2v) is 4.14. The summed E-state index contributed by atoms with van der Waals surface area (Å²) in [6.45, 7) is -0.266. The Morgan fingerprint density at radius 1 is 1.26 bits per heavy atom. The van der Waals surface area contributed by atoms with Gasteiger partial charge in [0.25, 0.3) is 0 Å². The van der Waals surface area contributed by atoms with Gasteiger partial charge < -0.3 is 27.0 Å². The van der Waals surface area contributed by atoms with Gasteiger partial charge in [-0.2, -0.15) is 0 Å². The van der Waals surface area contributed by atoms with Crippen LogP contribution >= 0.6 is 0 Å². The minimum atomic E-state index is -1.43. The lowest BCUT2D eigenvalue weighted by molar-refractivity contribution is -0.127. The molecule has 0 spiro atoms. The molecule has 0 fully saturated rings. The van der Waals surface area contributed by atoms with E-state index in [1.807, 2.05) is 0 Å². The third-order valence-corrected chi connectivity index (χ3v) is 2.53. The van der Waals surface area contributed by atoms with E-state index in [1.165, 1.54) is 12.1 Å². The third kappa shape index (κ3) is 4.94. The molecule has 2 atom stereocenters. The molecular formula is C12H17N3O4. The van der Waals surface area contributed by atoms with Crippen LogP contribution in [0.25, 0.3) is 0 Å². The van der Waals surface area contributed by atoms with E-state index in [4.69, 9.17) is 21.7 Å². The number of hydrogen-bond acceptors (Lipinski definition) is 5. The fourth-order valence-electron chi connectivity index (χ4n) is 1.41. The topological polar surface area (TPSA) is 139 Å². The maximum atomic E-state index is 11.6. The number of aromatic hydroxyl groups is 1. The highest BCUT2D eigenvalue weighted by atomic mass is 16.3. The van der Waals surface area contributed by atoms with Crippen molar-refractivity contribution in [2.24, 2.45) is 11.5 Å². The van der Waals surface area contributed by atoms with Gasteiger partial charge in [-0.1, -0.05) is 12.1 Å². The quantitative estimate of drug-likeness (QED) is 0.415. The molecule has 1 aromatic carbocycles. The number of aliphatic hydroxyl groups is 1. The van der Waals surface area contributed by atoms with Crippen molar-refractivity contribution in [3.05, 3.63) is 29.8 Å². The minimum absolute atomic E-state index is 0.131. The number of benzene rings is 1. The molecule has 7 nitrogen and oxygen atoms in total. The van der Waals surface area contributed by atoms with Crippen molar-refractivity contribution in [3.63, 3.8) is 0 Å². The molecule has 2 unspecified atom stereocenters. The number of phenolic OH excluding ortho intramolecular Hbond substituents is 1. The van der Waals surface area contributed by atoms with Gasteiger partial charge in [-0.25, -0.2) is 0 Å². The summed E-state index contributed by atoms with van der Waals surface area (Å²) in [5.41, 5.74) is 11.3. The van der Waals surface area contributed by atoms with Gasteiger partial charge in [0.1, 0.15) is 11.9 Å². The minimum Gasteiger partial charge on any atom is -0.508 e. The molecule has 0 aliphatic heterocycles. The Morgan fingerprint density at radius 3 is 2.37 bits per heavy atom. The maximum Gasteiger partial charge on any atom is 0.248 e. The monoisotopic (exact) mass is 267 g/mol. The number of aliphatic hydroxyl groups excluding tert-OH is 1. The van der Waals surface area contributed by atoms with Crippen molar-refractivity contribution in [1.29, 1.82) is 0 Å². The number of amides is 2. The van der Waals surface area contributed by atoms with Gasteiger partial charge in [-0.05, 0) is 24.1 Å². The van der Waals surface area contributed by atoms with E-state index in [2.05, 4.69) is 5.32 Å². The highest BCUT2D eigenvalue weighted by molar-refractivity contribution is 5.83. The number of primary amides is 1. The number of rotatable bonds is 6. The van der Waals surface area contributed by atoms with Gasteiger partial charge in [0.15, 0.2) is 0 Å². The number of carbonyl (C=O) groups is 2. The number of nitrogens with one attached hydrogen (secondary N) is 1. The number of phenols is 1. The Bertz CT molecular complexity index is 447. The van der Waals surface area contributed by atoms with E-state index in [0.29, 0.717) is 0 Å². The van der Waals surface area contributed by atoms with Gasteiger partial charge in [-0.3, -0.25) is 9.59 Å². The van der Waals surface area contributed by atoms with Crippen molar-refractivity contribution in [3.8, 4) is 5.75 Å². The van der Waals surface area contributed by atoms with Gasteiger partial charge in [0.2, 0.25) is 11.8 Å². The standard InChI is InChI=1S/C12H17N3O4/c13-9(5-7-1-3-8(16)4-2-7)12(19)15-6-10(17)11(14)18/h1-4,9-10,16-17H,5-6,13H2,(H2,14,18)(H,15,19). The largest absolute Gasteiger partial charge is 0.508 e. The smallest absolute Gasteiger partial charge is 0.248 e. The normalized spacial score (nSPS) is 13.6. The van der Waals surface area contributed by atoms with E-state index < -0.39 is 24.0 Å². The van der Waals surface area contributed by atoms with Crippen molar-refractivity contribution in [2.75, 3.05) is 6.54 Å². The van der Waals surface area contributed by atoms with E-state index in [-0.39, 0.29) is 18.7 Å². The summed E-state index contributed by atoms with van der Waals surface area (Å²) in [5, 5.41) is 20.6. The van der Waals surface area contributed by atoms with Crippen LogP contribution in [0.15, 0.2) is 24.3 Å². The first-order valence-corrected chi connectivity index (χ1v) is 5.68. The van der Waals surface area contributed by atoms with Gasteiger partial charge >= 0.3 is 0 Å². The fraction of sp³-hybridized carbons (Fsp3) is 0.333. The highest BCUT2D eigenvalue weighted by Gasteiger charge is 2.17. The average Bonchev–Trinajstić information content (AvgIpc) is 2.37. The van der Waals surface area contributed by atoms with Gasteiger partial charge in [0.05, 0.1) is 12.6 Å². The van der Waals surface area contributed by atoms with Crippen LogP contribution in [0, 0.1) is 0 Å². The highest BCUT2D eigenvalue weighted by Crippen LogP contribution is 2.10. The van der Waals surface area contributed by atoms with Crippen LogP contribution in [0.1, 0.15) is 5.56 Å². The van der Waals surface area contributed by atoms with E-state index in [1.54, 1.807) is 12.1 Å². The Morgan fingerprint density at radius 2 is 1.84 bits per heavy atom. The van der Waals surface area contributed by atoms with E-state index in [9.17, 15) is 9.59 Å². The summed E-state index contributed by atoms with van der Waals surface area (Å²) >= 11 is 0. The average molecular weight is 267 g/mol. The Hall–Kier alpha value is -2.12. The molecule has 0 saturated heterocycles. The first-order valence-electron chi connectivity index (χ1n) is 5.68. The summed E-state index contributed by atoms with van der Waals surface area (Å²) in [6.07, 6.45) is -1.15. The van der Waals surface area contributed by atoms with Gasteiger partial charge in [-0.15, -0.1) is 0 Å². The molecule has 2 amide bonds. The van der Waals surface area contributed by atoms with E-state index >= 15 is 0 Å². The summed E-state index contributed by atoms with van der Waals surface area (Å²) < 4.78 is 0. The van der Waals surface area contributed by atoms with Crippen molar-refractivity contribution in [1.82, 2.24) is 5.32 Å². The zero-order valence-electron chi connectivity index (χ0n) is 10.2. The zero-order chi connectivity index (χ0) is 14.4. The van der Waals surface area contributed by atoms with Crippen LogP contribution in [0.3, 0.4) is 0 Å². The molecule has 0 radical (unpaired) electrons. The van der Waals surface area contributed by atoms with Crippen molar-refractivity contribution < 1.29 is 19.8 Å². The van der Waals surface area contributed by atoms with Gasteiger partial charge in [0, 0.05) is 0 Å². The second kappa shape index (κ2) is 6.72. The fourth-order valence-corrected chi connectivity index (χ4v) is 1.41. The number of nitrogens with two attached hydrogens (primary N) is 2. The number of carbonyl (C=O) groups excluding carboxylic acids is 2. The second-order valence-electron chi connectivity index (χ2n) is 4.14. The Kier molecular flexibility index (Phi) is 5.28. The molecular weight excluding hydrogens is 250 g/mol. The molecule has 7 heteroatoms. The van der Waals surface area contributed by atoms with Crippen LogP contribution in [0.4, 0.5) is 0 Å². The Balaban J connectivity index is 2.44. The molecule has 104 valence electrons. The molecule has 0 aliphatic carbocycles. The maximum absolute atomic E-state index is 11.6. The molecule has 0 bridgehead atoms. The predicted molar refractivity (Wildman–Crippen MR) is 68.0 cm³/mol. The van der Waals surface area contributed by atoms with Crippen molar-refractivity contribution in [2.45, 2.75) is 18.6 Å². The lowest BCUT2D eigenvalue weighted by atomic mass is 10.1. The van der Waals surface area contributed by atoms with Crippen LogP contribution < -0.4 is 16.8 Å². The summed E-state index contributed by atoms with van der Waals surface area (Å²) in [4.78, 5) is 22.2. The first kappa shape index (κ1) is 14.9. The van der Waals surface area contributed by atoms with E-state index in [0.717, 1.165) is 5.56 Å². The van der Waals surface area contributed by atoms with Crippen molar-refractivity contribution >= 4 is 11.8 Å². The molecule has 7 N–H and O–H groups in total. The molecule has 0 saturated carbocycles. The predicted octanol–water partition coefficient (Wildman–Crippen LogP) is -1.78. The summed E-state index contributed by atoms with van der Waals surface area (Å²) in [7, 11) is 0. The zero-order valence-corrected chi connectivity index (χ0v) is 10.2. The lowest BCUT2D eigenvalue weighted by Crippen LogP contribution is -2.47. The lowest BCUT2D eigenvalue weighted by Gasteiger charge is -2.13. The molecule has 1 aromatic rings. The molecule has 0 aromatic heterocycles. The molecule has 0 heterocycles. The molecule has 19 heavy (non-hydrogen) atoms. The Labute approximate surface area is 110 Å².